The van der Waals surface area contributed by atoms with E-state index in [1.807, 2.05) is 43.3 Å². The molecule has 5 heteroatoms. The Bertz CT molecular complexity index is 938. The Kier molecular flexibility index (Phi) is 8.77. The van der Waals surface area contributed by atoms with Crippen LogP contribution in [0.2, 0.25) is 0 Å². The third kappa shape index (κ3) is 8.85. The predicted octanol–water partition coefficient (Wildman–Crippen LogP) is 4.46. The van der Waals surface area contributed by atoms with Crippen molar-refractivity contribution in [3.8, 4) is 0 Å². The zero-order valence-corrected chi connectivity index (χ0v) is 17.4. The summed E-state index contributed by atoms with van der Waals surface area (Å²) >= 11 is 0. The molecule has 0 unspecified atom stereocenters. The van der Waals surface area contributed by atoms with Gasteiger partial charge in [-0.1, -0.05) is 78.4 Å². The van der Waals surface area contributed by atoms with Crippen molar-refractivity contribution >= 4 is 15.8 Å². The van der Waals surface area contributed by atoms with Gasteiger partial charge in [0.15, 0.2) is 0 Å². The predicted molar refractivity (Wildman–Crippen MR) is 117 cm³/mol. The maximum atomic E-state index is 11.8. The number of hydrogen-bond acceptors (Lipinski definition) is 3. The lowest BCUT2D eigenvalue weighted by Crippen LogP contribution is -2.11. The van der Waals surface area contributed by atoms with E-state index in [0.29, 0.717) is 18.6 Å². The van der Waals surface area contributed by atoms with Crippen LogP contribution >= 0.6 is 0 Å². The maximum Gasteiger partial charge on any atom is 0.238 e. The summed E-state index contributed by atoms with van der Waals surface area (Å²) in [5.74, 6) is 0.350. The Morgan fingerprint density at radius 1 is 0.724 bits per heavy atom. The molecule has 3 aromatic rings. The number of ketones is 1. The standard InChI is InChI=1S/C17H18O.C7H9NO2S/c18-17(13-11-15-7-3-1-4-8-15)14-12-16-9-5-2-6-10-16;1-6-2-4-7(5-3-6)11(8,9)10/h1-10H,11-14H2;2-5H,1H3,(H2,8,9,10). The monoisotopic (exact) mass is 409 g/mol. The zero-order chi connectivity index (χ0) is 21.1. The van der Waals surface area contributed by atoms with E-state index in [-0.39, 0.29) is 4.90 Å². The molecule has 3 aromatic carbocycles. The van der Waals surface area contributed by atoms with Crippen molar-refractivity contribution in [1.29, 1.82) is 0 Å². The molecule has 0 aliphatic carbocycles. The van der Waals surface area contributed by atoms with Crippen LogP contribution in [0, 0.1) is 6.92 Å². The molecule has 152 valence electrons. The van der Waals surface area contributed by atoms with E-state index in [9.17, 15) is 13.2 Å². The molecule has 0 atom stereocenters. The van der Waals surface area contributed by atoms with Crippen LogP contribution in [0.4, 0.5) is 0 Å². The fraction of sp³-hybridized carbons (Fsp3) is 0.208. The van der Waals surface area contributed by atoms with Gasteiger partial charge < -0.3 is 0 Å². The molecule has 0 bridgehead atoms. The summed E-state index contributed by atoms with van der Waals surface area (Å²) in [6, 6.07) is 26.8. The highest BCUT2D eigenvalue weighted by atomic mass is 32.2. The molecule has 0 aliphatic heterocycles. The van der Waals surface area contributed by atoms with Crippen molar-refractivity contribution < 1.29 is 13.2 Å². The van der Waals surface area contributed by atoms with Gasteiger partial charge in [0.1, 0.15) is 5.78 Å². The van der Waals surface area contributed by atoms with Crippen LogP contribution in [0.3, 0.4) is 0 Å². The first-order chi connectivity index (χ1) is 13.8. The highest BCUT2D eigenvalue weighted by molar-refractivity contribution is 7.89. The first-order valence-electron chi connectivity index (χ1n) is 9.53. The molecule has 0 spiro atoms. The van der Waals surface area contributed by atoms with Crippen LogP contribution in [0.1, 0.15) is 29.5 Å². The fourth-order valence-corrected chi connectivity index (χ4v) is 3.23. The molecule has 4 nitrogen and oxygen atoms in total. The van der Waals surface area contributed by atoms with Gasteiger partial charge in [-0.2, -0.15) is 0 Å². The fourth-order valence-electron chi connectivity index (χ4n) is 2.71. The van der Waals surface area contributed by atoms with Crippen molar-refractivity contribution in [2.75, 3.05) is 0 Å². The first kappa shape index (κ1) is 22.5. The first-order valence-corrected chi connectivity index (χ1v) is 11.1. The molecular formula is C24H27NO3S. The Balaban J connectivity index is 0.000000234. The Morgan fingerprint density at radius 3 is 1.52 bits per heavy atom. The Hall–Kier alpha value is -2.76. The van der Waals surface area contributed by atoms with Gasteiger partial charge >= 0.3 is 0 Å². The molecule has 29 heavy (non-hydrogen) atoms. The van der Waals surface area contributed by atoms with Gasteiger partial charge in [-0.3, -0.25) is 4.79 Å². The lowest BCUT2D eigenvalue weighted by Gasteiger charge is -2.02. The van der Waals surface area contributed by atoms with E-state index in [1.54, 1.807) is 12.1 Å². The van der Waals surface area contributed by atoms with Gasteiger partial charge in [0.25, 0.3) is 0 Å². The summed E-state index contributed by atoms with van der Waals surface area (Å²) in [5.41, 5.74) is 3.49. The number of hydrogen-bond donors (Lipinski definition) is 1. The number of aryl methyl sites for hydroxylation is 3. The lowest BCUT2D eigenvalue weighted by molar-refractivity contribution is -0.119. The van der Waals surface area contributed by atoms with Crippen LogP contribution in [-0.2, 0) is 27.7 Å². The van der Waals surface area contributed by atoms with Crippen molar-refractivity contribution in [3.63, 3.8) is 0 Å². The van der Waals surface area contributed by atoms with Crippen molar-refractivity contribution in [3.05, 3.63) is 102 Å². The minimum atomic E-state index is -3.52. The smallest absolute Gasteiger partial charge is 0.238 e. The molecule has 0 amide bonds. The molecule has 2 N–H and O–H groups in total. The van der Waals surface area contributed by atoms with Crippen LogP contribution in [-0.4, -0.2) is 14.2 Å². The minimum absolute atomic E-state index is 0.156. The third-order valence-corrected chi connectivity index (χ3v) is 5.35. The van der Waals surface area contributed by atoms with E-state index >= 15 is 0 Å². The van der Waals surface area contributed by atoms with Crippen molar-refractivity contribution in [1.82, 2.24) is 0 Å². The van der Waals surface area contributed by atoms with Crippen LogP contribution in [0.5, 0.6) is 0 Å². The lowest BCUT2D eigenvalue weighted by atomic mass is 10.0. The molecule has 0 fully saturated rings. The van der Waals surface area contributed by atoms with Gasteiger partial charge in [0.05, 0.1) is 4.90 Å². The van der Waals surface area contributed by atoms with E-state index < -0.39 is 10.0 Å². The number of sulfonamides is 1. The SMILES string of the molecule is Cc1ccc(S(N)(=O)=O)cc1.O=C(CCc1ccccc1)CCc1ccccc1. The molecule has 0 radical (unpaired) electrons. The number of rotatable bonds is 7. The average molecular weight is 410 g/mol. The normalized spacial score (nSPS) is 10.7. The van der Waals surface area contributed by atoms with Crippen molar-refractivity contribution in [2.24, 2.45) is 5.14 Å². The molecule has 0 aliphatic rings. The summed E-state index contributed by atoms with van der Waals surface area (Å²) in [5, 5.41) is 4.88. The van der Waals surface area contributed by atoms with Crippen molar-refractivity contribution in [2.45, 2.75) is 37.5 Å². The maximum absolute atomic E-state index is 11.8. The van der Waals surface area contributed by atoms with Crippen LogP contribution in [0.25, 0.3) is 0 Å². The quantitative estimate of drug-likeness (QED) is 0.626. The highest BCUT2D eigenvalue weighted by Gasteiger charge is 2.05. The summed E-state index contributed by atoms with van der Waals surface area (Å²) in [7, 11) is -3.52. The molecule has 0 saturated carbocycles. The summed E-state index contributed by atoms with van der Waals surface area (Å²) in [6.45, 7) is 1.88. The second-order valence-electron chi connectivity index (χ2n) is 6.87. The second-order valence-corrected chi connectivity index (χ2v) is 8.43. The van der Waals surface area contributed by atoms with E-state index in [1.165, 1.54) is 23.3 Å². The number of Topliss-reactive ketones (excluding diaryl/α,β-unsaturated/α-hetero) is 1. The highest BCUT2D eigenvalue weighted by Crippen LogP contribution is 2.08. The Morgan fingerprint density at radius 2 is 1.14 bits per heavy atom. The van der Waals surface area contributed by atoms with Crippen LogP contribution < -0.4 is 5.14 Å². The number of nitrogens with two attached hydrogens (primary N) is 1. The van der Waals surface area contributed by atoms with Gasteiger partial charge in [0, 0.05) is 12.8 Å². The second kappa shape index (κ2) is 11.3. The van der Waals surface area contributed by atoms with E-state index in [0.717, 1.165) is 18.4 Å². The molecule has 0 saturated heterocycles. The van der Waals surface area contributed by atoms with Gasteiger partial charge in [-0.25, -0.2) is 13.6 Å². The zero-order valence-electron chi connectivity index (χ0n) is 16.6. The minimum Gasteiger partial charge on any atom is -0.300 e. The Labute approximate surface area is 173 Å². The molecular weight excluding hydrogens is 382 g/mol. The average Bonchev–Trinajstić information content (AvgIpc) is 2.72. The molecule has 0 heterocycles. The van der Waals surface area contributed by atoms with E-state index in [2.05, 4.69) is 24.3 Å². The van der Waals surface area contributed by atoms with Gasteiger partial charge in [-0.05, 0) is 43.0 Å². The number of carbonyl (C=O) groups excluding carboxylic acids is 1. The topological polar surface area (TPSA) is 77.2 Å². The summed E-state index contributed by atoms with van der Waals surface area (Å²) in [6.07, 6.45) is 3.01. The molecule has 3 rings (SSSR count). The van der Waals surface area contributed by atoms with Gasteiger partial charge in [0.2, 0.25) is 10.0 Å². The van der Waals surface area contributed by atoms with Crippen LogP contribution in [0.15, 0.2) is 89.8 Å². The van der Waals surface area contributed by atoms with E-state index in [4.69, 9.17) is 5.14 Å². The number of benzene rings is 3. The summed E-state index contributed by atoms with van der Waals surface area (Å²) in [4.78, 5) is 11.9. The third-order valence-electron chi connectivity index (χ3n) is 4.42. The number of primary sulfonamides is 1. The molecule has 0 aromatic heterocycles. The number of carbonyl (C=O) groups is 1. The van der Waals surface area contributed by atoms with Gasteiger partial charge in [-0.15, -0.1) is 0 Å². The summed E-state index contributed by atoms with van der Waals surface area (Å²) < 4.78 is 21.4. The largest absolute Gasteiger partial charge is 0.300 e.